The van der Waals surface area contributed by atoms with E-state index >= 15 is 0 Å². The van der Waals surface area contributed by atoms with Crippen LogP contribution in [0, 0.1) is 0 Å². The summed E-state index contributed by atoms with van der Waals surface area (Å²) >= 11 is 3.38. The molecule has 1 atom stereocenters. The van der Waals surface area contributed by atoms with Gasteiger partial charge in [0.1, 0.15) is 12.2 Å². The summed E-state index contributed by atoms with van der Waals surface area (Å²) in [5.74, 6) is -0.400. The zero-order chi connectivity index (χ0) is 19.9. The molecule has 6 heteroatoms. The fraction of sp³-hybridized carbons (Fsp3) is 0.333. The van der Waals surface area contributed by atoms with Crippen molar-refractivity contribution in [2.24, 2.45) is 0 Å². The Labute approximate surface area is 168 Å². The number of carbonyl (C=O) groups excluding carboxylic acids is 2. The molecule has 0 aliphatic heterocycles. The number of nitrogens with one attached hydrogen (secondary N) is 1. The molecule has 0 aliphatic rings. The van der Waals surface area contributed by atoms with Crippen LogP contribution in [0.5, 0.6) is 0 Å². The number of hydrogen-bond acceptors (Lipinski definition) is 4. The quantitative estimate of drug-likeness (QED) is 0.639. The summed E-state index contributed by atoms with van der Waals surface area (Å²) in [4.78, 5) is 24.5. The first-order valence-corrected chi connectivity index (χ1v) is 9.47. The van der Waals surface area contributed by atoms with Crippen LogP contribution in [0.2, 0.25) is 0 Å². The van der Waals surface area contributed by atoms with Gasteiger partial charge in [-0.15, -0.1) is 0 Å². The highest BCUT2D eigenvalue weighted by molar-refractivity contribution is 9.10. The molecule has 0 bridgehead atoms. The normalized spacial score (nSPS) is 12.1. The van der Waals surface area contributed by atoms with Gasteiger partial charge in [-0.2, -0.15) is 0 Å². The first-order chi connectivity index (χ1) is 12.7. The van der Waals surface area contributed by atoms with Crippen molar-refractivity contribution in [3.63, 3.8) is 0 Å². The second-order valence-corrected chi connectivity index (χ2v) is 8.02. The molecule has 0 unspecified atom stereocenters. The first-order valence-electron chi connectivity index (χ1n) is 8.67. The van der Waals surface area contributed by atoms with E-state index in [0.29, 0.717) is 0 Å². The van der Waals surface area contributed by atoms with Crippen molar-refractivity contribution < 1.29 is 19.1 Å². The van der Waals surface area contributed by atoms with Gasteiger partial charge in [-0.1, -0.05) is 58.4 Å². The Morgan fingerprint density at radius 3 is 2.26 bits per heavy atom. The Morgan fingerprint density at radius 1 is 1.04 bits per heavy atom. The number of carbonyl (C=O) groups is 2. The van der Waals surface area contributed by atoms with E-state index in [2.05, 4.69) is 21.2 Å². The minimum absolute atomic E-state index is 0.00765. The number of ether oxygens (including phenoxy) is 2. The number of rotatable bonds is 6. The largest absolute Gasteiger partial charge is 0.461 e. The fourth-order valence-electron chi connectivity index (χ4n) is 2.36. The highest BCUT2D eigenvalue weighted by atomic mass is 79.9. The van der Waals surface area contributed by atoms with Gasteiger partial charge in [-0.05, 0) is 44.0 Å². The van der Waals surface area contributed by atoms with Gasteiger partial charge in [0.15, 0.2) is 0 Å². The minimum Gasteiger partial charge on any atom is -0.461 e. The summed E-state index contributed by atoms with van der Waals surface area (Å²) in [6.45, 7) is 5.55. The molecule has 0 heterocycles. The van der Waals surface area contributed by atoms with Crippen molar-refractivity contribution in [2.45, 2.75) is 45.4 Å². The average Bonchev–Trinajstić information content (AvgIpc) is 2.59. The number of benzene rings is 2. The third-order valence-corrected chi connectivity index (χ3v) is 4.11. The van der Waals surface area contributed by atoms with Crippen LogP contribution in [-0.2, 0) is 20.9 Å². The molecule has 1 N–H and O–H groups in total. The van der Waals surface area contributed by atoms with Crippen molar-refractivity contribution in [3.05, 3.63) is 70.2 Å². The van der Waals surface area contributed by atoms with Crippen molar-refractivity contribution >= 4 is 28.0 Å². The van der Waals surface area contributed by atoms with Gasteiger partial charge in [-0.3, -0.25) is 4.79 Å². The smallest absolute Gasteiger partial charge is 0.408 e. The molecular formula is C21H24BrNO4. The second-order valence-electron chi connectivity index (χ2n) is 7.10. The van der Waals surface area contributed by atoms with Gasteiger partial charge in [0.05, 0.1) is 12.5 Å². The third kappa shape index (κ3) is 7.83. The number of esters is 1. The van der Waals surface area contributed by atoms with Gasteiger partial charge in [0.2, 0.25) is 0 Å². The molecule has 0 aliphatic carbocycles. The van der Waals surface area contributed by atoms with E-state index in [0.717, 1.165) is 15.6 Å². The lowest BCUT2D eigenvalue weighted by Gasteiger charge is -2.23. The van der Waals surface area contributed by atoms with E-state index < -0.39 is 23.7 Å². The predicted molar refractivity (Wildman–Crippen MR) is 107 cm³/mol. The van der Waals surface area contributed by atoms with Crippen LogP contribution in [0.15, 0.2) is 59.1 Å². The van der Waals surface area contributed by atoms with Gasteiger partial charge in [-0.25, -0.2) is 4.79 Å². The van der Waals surface area contributed by atoms with Crippen LogP contribution >= 0.6 is 15.9 Å². The van der Waals surface area contributed by atoms with Gasteiger partial charge in [0, 0.05) is 4.47 Å². The van der Waals surface area contributed by atoms with Gasteiger partial charge < -0.3 is 14.8 Å². The molecule has 2 aromatic rings. The zero-order valence-electron chi connectivity index (χ0n) is 15.7. The summed E-state index contributed by atoms with van der Waals surface area (Å²) in [6.07, 6.45) is -0.570. The molecule has 1 amide bonds. The summed E-state index contributed by atoms with van der Waals surface area (Å²) in [5.41, 5.74) is 1.08. The predicted octanol–water partition coefficient (Wildman–Crippen LogP) is 5.15. The Morgan fingerprint density at radius 2 is 1.67 bits per heavy atom. The zero-order valence-corrected chi connectivity index (χ0v) is 17.3. The monoisotopic (exact) mass is 433 g/mol. The summed E-state index contributed by atoms with van der Waals surface area (Å²) in [7, 11) is 0. The van der Waals surface area contributed by atoms with E-state index in [1.54, 1.807) is 20.8 Å². The highest BCUT2D eigenvalue weighted by Gasteiger charge is 2.23. The topological polar surface area (TPSA) is 64.6 Å². The molecular weight excluding hydrogens is 410 g/mol. The van der Waals surface area contributed by atoms with E-state index in [9.17, 15) is 9.59 Å². The Balaban J connectivity index is 2.03. The molecule has 5 nitrogen and oxygen atoms in total. The van der Waals surface area contributed by atoms with Crippen molar-refractivity contribution in [1.82, 2.24) is 5.32 Å². The number of amides is 1. The first kappa shape index (κ1) is 21.0. The maximum atomic E-state index is 12.3. The van der Waals surface area contributed by atoms with E-state index in [4.69, 9.17) is 9.47 Å². The van der Waals surface area contributed by atoms with Crippen LogP contribution < -0.4 is 5.32 Å². The lowest BCUT2D eigenvalue weighted by molar-refractivity contribution is -0.145. The van der Waals surface area contributed by atoms with Crippen LogP contribution in [0.25, 0.3) is 0 Å². The SMILES string of the molecule is CC(C)(C)OC(=O)N[C@@H](CC(=O)OCc1ccccc1)c1ccc(Br)cc1. The maximum Gasteiger partial charge on any atom is 0.408 e. The number of alkyl carbamates (subject to hydrolysis) is 1. The molecule has 144 valence electrons. The maximum absolute atomic E-state index is 12.3. The fourth-order valence-corrected chi connectivity index (χ4v) is 2.63. The van der Waals surface area contributed by atoms with Crippen LogP contribution in [0.1, 0.15) is 44.4 Å². The molecule has 0 aromatic heterocycles. The van der Waals surface area contributed by atoms with Gasteiger partial charge >= 0.3 is 12.1 Å². The second kappa shape index (κ2) is 9.55. The van der Waals surface area contributed by atoms with Gasteiger partial charge in [0.25, 0.3) is 0 Å². The van der Waals surface area contributed by atoms with E-state index in [1.165, 1.54) is 0 Å². The Kier molecular flexibility index (Phi) is 7.42. The molecule has 2 aromatic carbocycles. The minimum atomic E-state index is -0.623. The highest BCUT2D eigenvalue weighted by Crippen LogP contribution is 2.21. The van der Waals surface area contributed by atoms with Crippen LogP contribution in [-0.4, -0.2) is 17.7 Å². The van der Waals surface area contributed by atoms with E-state index in [1.807, 2.05) is 54.6 Å². The lowest BCUT2D eigenvalue weighted by Crippen LogP contribution is -2.36. The molecule has 0 radical (unpaired) electrons. The molecule has 2 rings (SSSR count). The standard InChI is InChI=1S/C21H24BrNO4/c1-21(2,3)27-20(25)23-18(16-9-11-17(22)12-10-16)13-19(24)26-14-15-7-5-4-6-8-15/h4-12,18H,13-14H2,1-3H3,(H,23,25)/t18-/m0/s1. The average molecular weight is 434 g/mol. The number of hydrogen-bond donors (Lipinski definition) is 1. The van der Waals surface area contributed by atoms with Crippen molar-refractivity contribution in [2.75, 3.05) is 0 Å². The van der Waals surface area contributed by atoms with Crippen LogP contribution in [0.3, 0.4) is 0 Å². The molecule has 0 saturated heterocycles. The summed E-state index contributed by atoms with van der Waals surface area (Å²) in [6, 6.07) is 16.3. The number of halogens is 1. The van der Waals surface area contributed by atoms with E-state index in [-0.39, 0.29) is 13.0 Å². The summed E-state index contributed by atoms with van der Waals surface area (Å²) < 4.78 is 11.6. The molecule has 0 fully saturated rings. The molecule has 0 saturated carbocycles. The van der Waals surface area contributed by atoms with Crippen LogP contribution in [0.4, 0.5) is 4.79 Å². The summed E-state index contributed by atoms with van der Waals surface area (Å²) in [5, 5.41) is 2.76. The molecule has 0 spiro atoms. The Hall–Kier alpha value is -2.34. The third-order valence-electron chi connectivity index (χ3n) is 3.58. The van der Waals surface area contributed by atoms with Crippen molar-refractivity contribution in [3.8, 4) is 0 Å². The Bertz CT molecular complexity index is 754. The van der Waals surface area contributed by atoms with Crippen molar-refractivity contribution in [1.29, 1.82) is 0 Å². The molecule has 27 heavy (non-hydrogen) atoms. The lowest BCUT2D eigenvalue weighted by atomic mass is 10.0.